The highest BCUT2D eigenvalue weighted by Gasteiger charge is 2.28. The second kappa shape index (κ2) is 7.84. The molecule has 0 atom stereocenters. The summed E-state index contributed by atoms with van der Waals surface area (Å²) in [6.07, 6.45) is 6.09. The molecule has 1 aromatic heterocycles. The summed E-state index contributed by atoms with van der Waals surface area (Å²) in [6, 6.07) is 7.63. The Balaban J connectivity index is 1.62. The van der Waals surface area contributed by atoms with Crippen molar-refractivity contribution in [3.8, 4) is 0 Å². The van der Waals surface area contributed by atoms with E-state index in [4.69, 9.17) is 4.98 Å². The Morgan fingerprint density at radius 2 is 1.70 bits per heavy atom. The number of para-hydroxylation sites is 1. The number of carbonyl (C=O) groups is 2. The maximum absolute atomic E-state index is 13.2. The lowest BCUT2D eigenvalue weighted by Crippen LogP contribution is -2.32. The summed E-state index contributed by atoms with van der Waals surface area (Å²) in [4.78, 5) is 42.8. The summed E-state index contributed by atoms with van der Waals surface area (Å²) in [5, 5.41) is 1.35. The zero-order valence-electron chi connectivity index (χ0n) is 15.2. The number of nitrogens with zero attached hydrogens (tertiary/aromatic N) is 3. The Morgan fingerprint density at radius 1 is 1.00 bits per heavy atom. The standard InChI is InChI=1S/C20H23N3O3S/c24-17-10-11-18(25)22(17)12-13-27-20-21-16-9-5-4-8-15(16)19(26)23(20)14-6-2-1-3-7-14/h4-5,8-9,14H,1-3,6-7,10-13H2. The van der Waals surface area contributed by atoms with Crippen molar-refractivity contribution >= 4 is 34.5 Å². The second-order valence-corrected chi connectivity index (χ2v) is 8.23. The van der Waals surface area contributed by atoms with Crippen LogP contribution in [0.3, 0.4) is 0 Å². The molecule has 4 rings (SSSR count). The lowest BCUT2D eigenvalue weighted by atomic mass is 9.95. The van der Waals surface area contributed by atoms with Gasteiger partial charge >= 0.3 is 0 Å². The van der Waals surface area contributed by atoms with Crippen molar-refractivity contribution in [1.29, 1.82) is 0 Å². The van der Waals surface area contributed by atoms with E-state index in [0.717, 1.165) is 25.7 Å². The normalized spacial score (nSPS) is 18.6. The first kappa shape index (κ1) is 18.2. The third kappa shape index (κ3) is 3.65. The number of imide groups is 1. The quantitative estimate of drug-likeness (QED) is 0.449. The van der Waals surface area contributed by atoms with Gasteiger partial charge in [0.05, 0.1) is 10.9 Å². The minimum absolute atomic E-state index is 0.0170. The Hall–Kier alpha value is -2.15. The summed E-state index contributed by atoms with van der Waals surface area (Å²) in [7, 11) is 0. The summed E-state index contributed by atoms with van der Waals surface area (Å²) >= 11 is 1.47. The molecule has 1 aromatic carbocycles. The van der Waals surface area contributed by atoms with Crippen LogP contribution in [-0.2, 0) is 9.59 Å². The van der Waals surface area contributed by atoms with Crippen LogP contribution in [0.1, 0.15) is 51.0 Å². The molecule has 0 bridgehead atoms. The topological polar surface area (TPSA) is 72.3 Å². The van der Waals surface area contributed by atoms with Crippen LogP contribution in [0.5, 0.6) is 0 Å². The molecule has 6 nitrogen and oxygen atoms in total. The molecule has 7 heteroatoms. The highest BCUT2D eigenvalue weighted by Crippen LogP contribution is 2.31. The fraction of sp³-hybridized carbons (Fsp3) is 0.500. The summed E-state index contributed by atoms with van der Waals surface area (Å²) in [5.41, 5.74) is 0.716. The fourth-order valence-corrected chi connectivity index (χ4v) is 4.98. The third-order valence-electron chi connectivity index (χ3n) is 5.42. The molecule has 0 unspecified atom stereocenters. The van der Waals surface area contributed by atoms with E-state index in [2.05, 4.69) is 0 Å². The van der Waals surface area contributed by atoms with Gasteiger partial charge < -0.3 is 0 Å². The van der Waals surface area contributed by atoms with Crippen LogP contribution >= 0.6 is 11.8 Å². The predicted molar refractivity (Wildman–Crippen MR) is 105 cm³/mol. The average Bonchev–Trinajstić information content (AvgIpc) is 3.01. The highest BCUT2D eigenvalue weighted by atomic mass is 32.2. The number of fused-ring (bicyclic) bond motifs is 1. The van der Waals surface area contributed by atoms with Crippen LogP contribution in [0.15, 0.2) is 34.2 Å². The molecule has 1 saturated heterocycles. The van der Waals surface area contributed by atoms with E-state index >= 15 is 0 Å². The summed E-state index contributed by atoms with van der Waals surface area (Å²) in [5.74, 6) is 0.350. The van der Waals surface area contributed by atoms with Crippen LogP contribution in [0.25, 0.3) is 10.9 Å². The number of thioether (sulfide) groups is 1. The van der Waals surface area contributed by atoms with Crippen LogP contribution in [0.2, 0.25) is 0 Å². The van der Waals surface area contributed by atoms with Gasteiger partial charge in [-0.2, -0.15) is 0 Å². The fourth-order valence-electron chi connectivity index (χ4n) is 3.99. The van der Waals surface area contributed by atoms with Crippen LogP contribution in [0.4, 0.5) is 0 Å². The van der Waals surface area contributed by atoms with E-state index in [1.54, 1.807) is 0 Å². The zero-order chi connectivity index (χ0) is 18.8. The Kier molecular flexibility index (Phi) is 5.29. The molecule has 1 aliphatic carbocycles. The molecule has 2 aromatic rings. The van der Waals surface area contributed by atoms with E-state index < -0.39 is 0 Å². The molecule has 142 valence electrons. The minimum atomic E-state index is -0.100. The van der Waals surface area contributed by atoms with E-state index in [0.29, 0.717) is 41.2 Å². The lowest BCUT2D eigenvalue weighted by molar-refractivity contribution is -0.137. The van der Waals surface area contributed by atoms with Gasteiger partial charge in [-0.05, 0) is 25.0 Å². The molecule has 1 aliphatic heterocycles. The summed E-state index contributed by atoms with van der Waals surface area (Å²) in [6.45, 7) is 0.371. The van der Waals surface area contributed by atoms with Gasteiger partial charge in [-0.25, -0.2) is 4.98 Å². The van der Waals surface area contributed by atoms with Gasteiger partial charge in [0.15, 0.2) is 5.16 Å². The van der Waals surface area contributed by atoms with Gasteiger partial charge in [0.25, 0.3) is 5.56 Å². The van der Waals surface area contributed by atoms with Gasteiger partial charge in [-0.3, -0.25) is 23.9 Å². The Bertz CT molecular complexity index is 918. The van der Waals surface area contributed by atoms with Crippen molar-refractivity contribution in [2.75, 3.05) is 12.3 Å². The van der Waals surface area contributed by atoms with Crippen LogP contribution in [-0.4, -0.2) is 38.6 Å². The Morgan fingerprint density at radius 3 is 2.44 bits per heavy atom. The van der Waals surface area contributed by atoms with Gasteiger partial charge in [-0.15, -0.1) is 0 Å². The summed E-state index contributed by atoms with van der Waals surface area (Å²) < 4.78 is 1.86. The van der Waals surface area contributed by atoms with Gasteiger partial charge in [0.1, 0.15) is 0 Å². The van der Waals surface area contributed by atoms with Crippen LogP contribution in [0, 0.1) is 0 Å². The van der Waals surface area contributed by atoms with Gasteiger partial charge in [-0.1, -0.05) is 43.2 Å². The molecule has 2 fully saturated rings. The average molecular weight is 385 g/mol. The largest absolute Gasteiger partial charge is 0.284 e. The number of aromatic nitrogens is 2. The van der Waals surface area contributed by atoms with Crippen molar-refractivity contribution in [2.24, 2.45) is 0 Å². The van der Waals surface area contributed by atoms with E-state index in [1.165, 1.54) is 23.1 Å². The third-order valence-corrected chi connectivity index (χ3v) is 6.35. The predicted octanol–water partition coefficient (Wildman–Crippen LogP) is 3.14. The SMILES string of the molecule is O=C1CCC(=O)N1CCSc1nc2ccccc2c(=O)n1C1CCCCC1. The van der Waals surface area contributed by atoms with Gasteiger partial charge in [0.2, 0.25) is 11.8 Å². The molecular weight excluding hydrogens is 362 g/mol. The van der Waals surface area contributed by atoms with E-state index in [1.807, 2.05) is 28.8 Å². The lowest BCUT2D eigenvalue weighted by Gasteiger charge is -2.26. The maximum Gasteiger partial charge on any atom is 0.262 e. The maximum atomic E-state index is 13.2. The molecule has 2 amide bonds. The number of hydrogen-bond donors (Lipinski definition) is 0. The Labute approximate surface area is 161 Å². The second-order valence-electron chi connectivity index (χ2n) is 7.17. The zero-order valence-corrected chi connectivity index (χ0v) is 16.0. The van der Waals surface area contributed by atoms with Crippen molar-refractivity contribution in [2.45, 2.75) is 56.1 Å². The number of likely N-dealkylation sites (tertiary alicyclic amines) is 1. The first-order valence-electron chi connectivity index (χ1n) is 9.62. The smallest absolute Gasteiger partial charge is 0.262 e. The van der Waals surface area contributed by atoms with E-state index in [9.17, 15) is 14.4 Å². The van der Waals surface area contributed by atoms with Crippen molar-refractivity contribution in [3.63, 3.8) is 0 Å². The molecule has 1 saturated carbocycles. The van der Waals surface area contributed by atoms with Gasteiger partial charge in [0, 0.05) is 31.2 Å². The molecular formula is C20H23N3O3S. The number of carbonyl (C=O) groups excluding carboxylic acids is 2. The van der Waals surface area contributed by atoms with Crippen molar-refractivity contribution in [1.82, 2.24) is 14.5 Å². The van der Waals surface area contributed by atoms with E-state index in [-0.39, 0.29) is 23.4 Å². The van der Waals surface area contributed by atoms with Crippen molar-refractivity contribution < 1.29 is 9.59 Å². The number of hydrogen-bond acceptors (Lipinski definition) is 5. The monoisotopic (exact) mass is 385 g/mol. The molecule has 0 spiro atoms. The number of amides is 2. The first-order chi connectivity index (χ1) is 13.1. The van der Waals surface area contributed by atoms with Crippen molar-refractivity contribution in [3.05, 3.63) is 34.6 Å². The van der Waals surface area contributed by atoms with Crippen LogP contribution < -0.4 is 5.56 Å². The molecule has 0 N–H and O–H groups in total. The first-order valence-corrected chi connectivity index (χ1v) is 10.6. The molecule has 0 radical (unpaired) electrons. The number of rotatable bonds is 5. The highest BCUT2D eigenvalue weighted by molar-refractivity contribution is 7.99. The minimum Gasteiger partial charge on any atom is -0.284 e. The molecule has 27 heavy (non-hydrogen) atoms. The molecule has 2 aliphatic rings. The molecule has 2 heterocycles. The number of benzene rings is 1.